The molecule has 22 heavy (non-hydrogen) atoms. The highest BCUT2D eigenvalue weighted by atomic mass is 16.5. The zero-order valence-electron chi connectivity index (χ0n) is 13.6. The first-order valence-electron chi connectivity index (χ1n) is 7.42. The average molecular weight is 301 g/mol. The molecule has 5 nitrogen and oxygen atoms in total. The Hall–Kier alpha value is -2.14. The molecule has 0 bridgehead atoms. The van der Waals surface area contributed by atoms with Crippen LogP contribution < -0.4 is 16.0 Å². The summed E-state index contributed by atoms with van der Waals surface area (Å²) in [5, 5.41) is 4.50. The molecule has 0 aliphatic heterocycles. The summed E-state index contributed by atoms with van der Waals surface area (Å²) >= 11 is 0. The first-order chi connectivity index (χ1) is 10.5. The van der Waals surface area contributed by atoms with Crippen LogP contribution in [0, 0.1) is 12.8 Å². The lowest BCUT2D eigenvalue weighted by molar-refractivity contribution is 0.412. The third-order valence-corrected chi connectivity index (χ3v) is 3.50. The highest BCUT2D eigenvalue weighted by molar-refractivity contribution is 5.62. The van der Waals surface area contributed by atoms with Crippen LogP contribution in [0.25, 0.3) is 11.3 Å². The number of hydrogen-bond acceptors (Lipinski definition) is 4. The molecule has 0 saturated heterocycles. The number of nitrogens with zero attached hydrogens (tertiary/aromatic N) is 2. The van der Waals surface area contributed by atoms with E-state index in [9.17, 15) is 4.79 Å². The molecule has 2 aromatic rings. The average Bonchev–Trinajstić information content (AvgIpc) is 2.48. The molecule has 1 heterocycles. The maximum absolute atomic E-state index is 12.3. The van der Waals surface area contributed by atoms with E-state index in [1.807, 2.05) is 25.1 Å². The summed E-state index contributed by atoms with van der Waals surface area (Å²) in [5.74, 6) is 1.17. The predicted octanol–water partition coefficient (Wildman–Crippen LogP) is 2.34. The molecule has 0 unspecified atom stereocenters. The van der Waals surface area contributed by atoms with Crippen LogP contribution in [-0.2, 0) is 13.1 Å². The van der Waals surface area contributed by atoms with Gasteiger partial charge in [-0.25, -0.2) is 4.68 Å². The lowest BCUT2D eigenvalue weighted by Crippen LogP contribution is -2.29. The number of rotatable bonds is 5. The van der Waals surface area contributed by atoms with Gasteiger partial charge in [0, 0.05) is 24.2 Å². The number of aryl methyl sites for hydroxylation is 1. The Morgan fingerprint density at radius 2 is 2.05 bits per heavy atom. The van der Waals surface area contributed by atoms with E-state index >= 15 is 0 Å². The largest absolute Gasteiger partial charge is 0.496 e. The van der Waals surface area contributed by atoms with Crippen molar-refractivity contribution in [2.24, 2.45) is 11.7 Å². The topological polar surface area (TPSA) is 70.1 Å². The summed E-state index contributed by atoms with van der Waals surface area (Å²) in [6.45, 7) is 6.88. The van der Waals surface area contributed by atoms with Gasteiger partial charge in [0.25, 0.3) is 5.56 Å². The van der Waals surface area contributed by atoms with Crippen molar-refractivity contribution in [3.05, 3.63) is 45.7 Å². The minimum absolute atomic E-state index is 0.106. The molecule has 2 rings (SSSR count). The van der Waals surface area contributed by atoms with Gasteiger partial charge in [-0.2, -0.15) is 5.10 Å². The van der Waals surface area contributed by atoms with Crippen LogP contribution in [0.5, 0.6) is 5.75 Å². The Bertz CT molecular complexity index is 720. The van der Waals surface area contributed by atoms with Crippen molar-refractivity contribution in [3.8, 4) is 17.0 Å². The van der Waals surface area contributed by atoms with E-state index < -0.39 is 0 Å². The summed E-state index contributed by atoms with van der Waals surface area (Å²) in [5.41, 5.74) is 8.92. The van der Waals surface area contributed by atoms with Gasteiger partial charge in [-0.1, -0.05) is 13.8 Å². The molecule has 0 spiro atoms. The monoisotopic (exact) mass is 301 g/mol. The molecule has 118 valence electrons. The molecule has 1 aromatic heterocycles. The Morgan fingerprint density at radius 1 is 1.32 bits per heavy atom. The summed E-state index contributed by atoms with van der Waals surface area (Å²) in [6, 6.07) is 7.64. The zero-order chi connectivity index (χ0) is 16.3. The van der Waals surface area contributed by atoms with E-state index in [1.165, 1.54) is 4.68 Å². The normalized spacial score (nSPS) is 11.0. The molecule has 0 aliphatic carbocycles. The standard InChI is InChI=1S/C17H23N3O2/c1-11(2)10-20-17(21)14(9-18)8-15(19-20)13-5-6-16(22-4)12(3)7-13/h5-8,11H,9-10,18H2,1-4H3. The number of nitrogens with two attached hydrogens (primary N) is 1. The second kappa shape index (κ2) is 6.75. The van der Waals surface area contributed by atoms with Crippen LogP contribution in [0.1, 0.15) is 25.0 Å². The van der Waals surface area contributed by atoms with Crippen molar-refractivity contribution >= 4 is 0 Å². The van der Waals surface area contributed by atoms with Gasteiger partial charge in [0.1, 0.15) is 5.75 Å². The zero-order valence-corrected chi connectivity index (χ0v) is 13.6. The van der Waals surface area contributed by atoms with E-state index in [4.69, 9.17) is 10.5 Å². The van der Waals surface area contributed by atoms with E-state index in [0.717, 1.165) is 22.6 Å². The van der Waals surface area contributed by atoms with Crippen molar-refractivity contribution in [2.75, 3.05) is 7.11 Å². The van der Waals surface area contributed by atoms with Crippen molar-refractivity contribution in [1.82, 2.24) is 9.78 Å². The van der Waals surface area contributed by atoms with Crippen molar-refractivity contribution in [3.63, 3.8) is 0 Å². The predicted molar refractivity (Wildman–Crippen MR) is 88.0 cm³/mol. The summed E-state index contributed by atoms with van der Waals surface area (Å²) in [4.78, 5) is 12.3. The number of methoxy groups -OCH3 is 1. The lowest BCUT2D eigenvalue weighted by atomic mass is 10.1. The lowest BCUT2D eigenvalue weighted by Gasteiger charge is -2.13. The second-order valence-corrected chi connectivity index (χ2v) is 5.82. The Morgan fingerprint density at radius 3 is 2.59 bits per heavy atom. The minimum atomic E-state index is -0.106. The smallest absolute Gasteiger partial charge is 0.271 e. The van der Waals surface area contributed by atoms with E-state index in [2.05, 4.69) is 18.9 Å². The number of aromatic nitrogens is 2. The Kier molecular flexibility index (Phi) is 4.98. The number of hydrogen-bond donors (Lipinski definition) is 1. The second-order valence-electron chi connectivity index (χ2n) is 5.82. The molecule has 0 aliphatic rings. The number of ether oxygens (including phenoxy) is 1. The van der Waals surface area contributed by atoms with Gasteiger partial charge in [0.15, 0.2) is 0 Å². The first kappa shape index (κ1) is 16.2. The third kappa shape index (κ3) is 3.36. The van der Waals surface area contributed by atoms with Crippen LogP contribution in [0.15, 0.2) is 29.1 Å². The fraction of sp³-hybridized carbons (Fsp3) is 0.412. The van der Waals surface area contributed by atoms with Crippen molar-refractivity contribution in [2.45, 2.75) is 33.9 Å². The van der Waals surface area contributed by atoms with E-state index in [1.54, 1.807) is 13.2 Å². The fourth-order valence-corrected chi connectivity index (χ4v) is 2.39. The van der Waals surface area contributed by atoms with Crippen molar-refractivity contribution < 1.29 is 4.74 Å². The molecule has 0 fully saturated rings. The molecule has 0 radical (unpaired) electrons. The quantitative estimate of drug-likeness (QED) is 0.920. The van der Waals surface area contributed by atoms with Crippen LogP contribution in [0.4, 0.5) is 0 Å². The van der Waals surface area contributed by atoms with E-state index in [-0.39, 0.29) is 12.1 Å². The molecule has 0 saturated carbocycles. The molecule has 1 aromatic carbocycles. The molecule has 5 heteroatoms. The van der Waals surface area contributed by atoms with Crippen LogP contribution in [0.2, 0.25) is 0 Å². The van der Waals surface area contributed by atoms with Gasteiger partial charge in [-0.05, 0) is 42.7 Å². The summed E-state index contributed by atoms with van der Waals surface area (Å²) in [7, 11) is 1.65. The van der Waals surface area contributed by atoms with Crippen LogP contribution in [0.3, 0.4) is 0 Å². The highest BCUT2D eigenvalue weighted by Crippen LogP contribution is 2.24. The van der Waals surface area contributed by atoms with Crippen molar-refractivity contribution in [1.29, 1.82) is 0 Å². The van der Waals surface area contributed by atoms with Gasteiger partial charge >= 0.3 is 0 Å². The molecule has 0 amide bonds. The van der Waals surface area contributed by atoms with E-state index in [0.29, 0.717) is 18.0 Å². The van der Waals surface area contributed by atoms with Gasteiger partial charge in [0.2, 0.25) is 0 Å². The highest BCUT2D eigenvalue weighted by Gasteiger charge is 2.11. The van der Waals surface area contributed by atoms with Crippen LogP contribution >= 0.6 is 0 Å². The maximum Gasteiger partial charge on any atom is 0.271 e. The van der Waals surface area contributed by atoms with Gasteiger partial charge in [-0.3, -0.25) is 4.79 Å². The molecular formula is C17H23N3O2. The van der Waals surface area contributed by atoms with Gasteiger partial charge in [0.05, 0.1) is 12.8 Å². The molecule has 0 atom stereocenters. The Labute approximate surface area is 130 Å². The summed E-state index contributed by atoms with van der Waals surface area (Å²) in [6.07, 6.45) is 0. The molecular weight excluding hydrogens is 278 g/mol. The first-order valence-corrected chi connectivity index (χ1v) is 7.42. The summed E-state index contributed by atoms with van der Waals surface area (Å²) < 4.78 is 6.80. The minimum Gasteiger partial charge on any atom is -0.496 e. The third-order valence-electron chi connectivity index (χ3n) is 3.50. The van der Waals surface area contributed by atoms with Gasteiger partial charge in [-0.15, -0.1) is 0 Å². The maximum atomic E-state index is 12.3. The Balaban J connectivity index is 2.55. The molecule has 2 N–H and O–H groups in total. The van der Waals surface area contributed by atoms with Crippen LogP contribution in [-0.4, -0.2) is 16.9 Å². The number of benzene rings is 1. The SMILES string of the molecule is COc1ccc(-c2cc(CN)c(=O)n(CC(C)C)n2)cc1C. The fourth-order valence-electron chi connectivity index (χ4n) is 2.39. The van der Waals surface area contributed by atoms with Gasteiger partial charge < -0.3 is 10.5 Å².